The topological polar surface area (TPSA) is 51.5 Å². The van der Waals surface area contributed by atoms with Gasteiger partial charge in [-0.1, -0.05) is 30.2 Å². The number of benzene rings is 1. The number of ether oxygens (including phenoxy) is 1. The molecule has 4 rings (SSSR count). The van der Waals surface area contributed by atoms with E-state index in [-0.39, 0.29) is 18.6 Å². The molecule has 1 aromatic heterocycles. The van der Waals surface area contributed by atoms with Crippen LogP contribution in [0.3, 0.4) is 0 Å². The minimum Gasteiger partial charge on any atom is -0.484 e. The molecule has 4 atom stereocenters. The molecule has 4 unspecified atom stereocenters. The SMILES string of the molecule is Cc1cccc(Cl)c1OCc1ccc(C(=O)NC(C)C2CC3CCC2C3)o1. The van der Waals surface area contributed by atoms with E-state index >= 15 is 0 Å². The van der Waals surface area contributed by atoms with Crippen molar-refractivity contribution < 1.29 is 13.9 Å². The van der Waals surface area contributed by atoms with Gasteiger partial charge in [-0.15, -0.1) is 0 Å². The van der Waals surface area contributed by atoms with Gasteiger partial charge in [0.05, 0.1) is 5.02 Å². The third kappa shape index (κ3) is 3.86. The number of carbonyl (C=O) groups excluding carboxylic acids is 1. The van der Waals surface area contributed by atoms with Crippen LogP contribution in [0.4, 0.5) is 0 Å². The Bertz CT molecular complexity index is 810. The second-order valence-electron chi connectivity index (χ2n) is 8.04. The third-order valence-corrected chi connectivity index (χ3v) is 6.50. The van der Waals surface area contributed by atoms with Crippen LogP contribution in [0.25, 0.3) is 0 Å². The summed E-state index contributed by atoms with van der Waals surface area (Å²) in [6.07, 6.45) is 5.28. The predicted molar refractivity (Wildman–Crippen MR) is 105 cm³/mol. The van der Waals surface area contributed by atoms with Gasteiger partial charge in [-0.25, -0.2) is 0 Å². The van der Waals surface area contributed by atoms with Crippen molar-refractivity contribution >= 4 is 17.5 Å². The molecule has 1 N–H and O–H groups in total. The highest BCUT2D eigenvalue weighted by Crippen LogP contribution is 2.49. The van der Waals surface area contributed by atoms with E-state index in [1.165, 1.54) is 25.7 Å². The number of furan rings is 1. The first kappa shape index (κ1) is 18.4. The Morgan fingerprint density at radius 3 is 2.85 bits per heavy atom. The predicted octanol–water partition coefficient (Wildman–Crippen LogP) is 5.37. The summed E-state index contributed by atoms with van der Waals surface area (Å²) >= 11 is 6.18. The number of hydrogen-bond donors (Lipinski definition) is 1. The highest BCUT2D eigenvalue weighted by molar-refractivity contribution is 6.32. The van der Waals surface area contributed by atoms with E-state index in [4.69, 9.17) is 20.8 Å². The van der Waals surface area contributed by atoms with Crippen LogP contribution in [0.15, 0.2) is 34.7 Å². The molecule has 2 saturated carbocycles. The minimum absolute atomic E-state index is 0.148. The summed E-state index contributed by atoms with van der Waals surface area (Å²) in [5.41, 5.74) is 0.965. The summed E-state index contributed by atoms with van der Waals surface area (Å²) in [6.45, 7) is 4.30. The average Bonchev–Trinajstić information content (AvgIpc) is 3.38. The van der Waals surface area contributed by atoms with Crippen LogP contribution in [0.2, 0.25) is 5.02 Å². The zero-order valence-electron chi connectivity index (χ0n) is 15.8. The zero-order valence-corrected chi connectivity index (χ0v) is 16.6. The molecule has 2 fully saturated rings. The molecule has 2 aliphatic rings. The Hall–Kier alpha value is -1.94. The van der Waals surface area contributed by atoms with E-state index < -0.39 is 0 Å². The quantitative estimate of drug-likeness (QED) is 0.724. The maximum atomic E-state index is 12.5. The minimum atomic E-state index is -0.148. The lowest BCUT2D eigenvalue weighted by Gasteiger charge is -2.28. The Kier molecular flexibility index (Phi) is 5.18. The standard InChI is InChI=1S/C22H26ClNO3/c1-13-4-3-5-19(23)21(13)26-12-17-8-9-20(27-17)22(25)24-14(2)18-11-15-6-7-16(18)10-15/h3-5,8-9,14-16,18H,6-7,10-12H2,1-2H3,(H,24,25). The van der Waals surface area contributed by atoms with Crippen molar-refractivity contribution in [2.75, 3.05) is 0 Å². The van der Waals surface area contributed by atoms with E-state index in [2.05, 4.69) is 12.2 Å². The summed E-state index contributed by atoms with van der Waals surface area (Å²) in [7, 11) is 0. The van der Waals surface area contributed by atoms with Crippen molar-refractivity contribution in [3.05, 3.63) is 52.4 Å². The van der Waals surface area contributed by atoms with Crippen LogP contribution in [0.5, 0.6) is 5.75 Å². The molecule has 0 saturated heterocycles. The third-order valence-electron chi connectivity index (χ3n) is 6.20. The van der Waals surface area contributed by atoms with Crippen LogP contribution in [0, 0.1) is 24.7 Å². The second kappa shape index (κ2) is 7.59. The van der Waals surface area contributed by atoms with Gasteiger partial charge < -0.3 is 14.5 Å². The molecule has 0 spiro atoms. The van der Waals surface area contributed by atoms with Gasteiger partial charge in [0, 0.05) is 6.04 Å². The van der Waals surface area contributed by atoms with E-state index in [0.29, 0.717) is 28.2 Å². The number of halogens is 1. The van der Waals surface area contributed by atoms with Crippen LogP contribution in [-0.4, -0.2) is 11.9 Å². The first-order valence-electron chi connectivity index (χ1n) is 9.78. The number of aryl methyl sites for hydroxylation is 1. The lowest BCUT2D eigenvalue weighted by atomic mass is 9.84. The number of nitrogens with one attached hydrogen (secondary N) is 1. The first-order chi connectivity index (χ1) is 13.0. The average molecular weight is 388 g/mol. The molecule has 2 bridgehead atoms. The van der Waals surface area contributed by atoms with Gasteiger partial charge >= 0.3 is 0 Å². The molecule has 4 nitrogen and oxygen atoms in total. The molecule has 27 heavy (non-hydrogen) atoms. The summed E-state index contributed by atoms with van der Waals surface area (Å²) in [4.78, 5) is 12.5. The fraction of sp³-hybridized carbons (Fsp3) is 0.500. The van der Waals surface area contributed by atoms with Crippen molar-refractivity contribution in [3.8, 4) is 5.75 Å². The number of rotatable bonds is 6. The van der Waals surface area contributed by atoms with Gasteiger partial charge in [0.1, 0.15) is 18.1 Å². The molecular formula is C22H26ClNO3. The molecule has 2 aromatic rings. The first-order valence-corrected chi connectivity index (χ1v) is 10.2. The zero-order chi connectivity index (χ0) is 19.0. The van der Waals surface area contributed by atoms with Gasteiger partial charge in [0.2, 0.25) is 0 Å². The maximum absolute atomic E-state index is 12.5. The van der Waals surface area contributed by atoms with Crippen LogP contribution >= 0.6 is 11.6 Å². The van der Waals surface area contributed by atoms with E-state index in [0.717, 1.165) is 17.4 Å². The number of amides is 1. The van der Waals surface area contributed by atoms with Crippen molar-refractivity contribution in [1.82, 2.24) is 5.32 Å². The fourth-order valence-corrected chi connectivity index (χ4v) is 5.09. The van der Waals surface area contributed by atoms with Crippen LogP contribution in [-0.2, 0) is 6.61 Å². The molecule has 0 radical (unpaired) electrons. The Morgan fingerprint density at radius 2 is 2.15 bits per heavy atom. The number of fused-ring (bicyclic) bond motifs is 2. The summed E-state index contributed by atoms with van der Waals surface area (Å²) in [6, 6.07) is 9.30. The summed E-state index contributed by atoms with van der Waals surface area (Å²) < 4.78 is 11.5. The molecule has 2 aliphatic carbocycles. The van der Waals surface area contributed by atoms with E-state index in [9.17, 15) is 4.79 Å². The largest absolute Gasteiger partial charge is 0.484 e. The Morgan fingerprint density at radius 1 is 1.30 bits per heavy atom. The van der Waals surface area contributed by atoms with Gasteiger partial charge in [-0.2, -0.15) is 0 Å². The number of hydrogen-bond acceptors (Lipinski definition) is 3. The van der Waals surface area contributed by atoms with Crippen LogP contribution in [0.1, 0.15) is 54.5 Å². The van der Waals surface area contributed by atoms with E-state index in [1.807, 2.05) is 19.1 Å². The van der Waals surface area contributed by atoms with Crippen molar-refractivity contribution in [2.24, 2.45) is 17.8 Å². The lowest BCUT2D eigenvalue weighted by Crippen LogP contribution is -2.40. The maximum Gasteiger partial charge on any atom is 0.287 e. The molecule has 1 heterocycles. The highest BCUT2D eigenvalue weighted by Gasteiger charge is 2.42. The van der Waals surface area contributed by atoms with Gasteiger partial charge in [0.15, 0.2) is 5.76 Å². The molecule has 144 valence electrons. The molecule has 1 aromatic carbocycles. The normalized spacial score (nSPS) is 24.8. The fourth-order valence-electron chi connectivity index (χ4n) is 4.81. The summed E-state index contributed by atoms with van der Waals surface area (Å²) in [5, 5.41) is 3.70. The molecule has 1 amide bonds. The van der Waals surface area contributed by atoms with Crippen molar-refractivity contribution in [1.29, 1.82) is 0 Å². The van der Waals surface area contributed by atoms with Gasteiger partial charge in [-0.3, -0.25) is 4.79 Å². The lowest BCUT2D eigenvalue weighted by molar-refractivity contribution is 0.0883. The van der Waals surface area contributed by atoms with Crippen molar-refractivity contribution in [3.63, 3.8) is 0 Å². The second-order valence-corrected chi connectivity index (χ2v) is 8.45. The number of para-hydroxylation sites is 1. The van der Waals surface area contributed by atoms with E-state index in [1.54, 1.807) is 18.2 Å². The van der Waals surface area contributed by atoms with Gasteiger partial charge in [-0.05, 0) is 74.6 Å². The molecular weight excluding hydrogens is 362 g/mol. The highest BCUT2D eigenvalue weighted by atomic mass is 35.5. The summed E-state index contributed by atoms with van der Waals surface area (Å²) in [5.74, 6) is 3.70. The molecule has 0 aliphatic heterocycles. The smallest absolute Gasteiger partial charge is 0.287 e. The Labute approximate surface area is 165 Å². The Balaban J connectivity index is 1.34. The number of carbonyl (C=O) groups is 1. The van der Waals surface area contributed by atoms with Gasteiger partial charge in [0.25, 0.3) is 5.91 Å². The molecule has 5 heteroatoms. The van der Waals surface area contributed by atoms with Crippen LogP contribution < -0.4 is 10.1 Å². The monoisotopic (exact) mass is 387 g/mol. The van der Waals surface area contributed by atoms with Crippen molar-refractivity contribution in [2.45, 2.75) is 52.2 Å².